The monoisotopic (exact) mass is 416 g/mol. The first-order valence-electron chi connectivity index (χ1n) is 9.30. The van der Waals surface area contributed by atoms with Crippen LogP contribution in [0.1, 0.15) is 43.0 Å². The highest BCUT2D eigenvalue weighted by atomic mass is 32.2. The Kier molecular flexibility index (Phi) is 6.42. The van der Waals surface area contributed by atoms with Gasteiger partial charge in [-0.05, 0) is 30.5 Å². The number of hydrogen-bond acceptors (Lipinski definition) is 4. The molecular weight excluding hydrogens is 393 g/mol. The van der Waals surface area contributed by atoms with E-state index in [2.05, 4.69) is 4.74 Å². The van der Waals surface area contributed by atoms with Gasteiger partial charge in [0.25, 0.3) is 0 Å². The minimum Gasteiger partial charge on any atom is -0.406 e. The van der Waals surface area contributed by atoms with E-state index >= 15 is 0 Å². The quantitative estimate of drug-likeness (QED) is 0.746. The van der Waals surface area contributed by atoms with Gasteiger partial charge < -0.3 is 14.5 Å². The van der Waals surface area contributed by atoms with Crippen LogP contribution in [0.5, 0.6) is 5.75 Å². The van der Waals surface area contributed by atoms with E-state index in [1.165, 1.54) is 34.9 Å². The van der Waals surface area contributed by atoms with Crippen molar-refractivity contribution >= 4 is 23.6 Å². The van der Waals surface area contributed by atoms with Gasteiger partial charge in [-0.2, -0.15) is 0 Å². The van der Waals surface area contributed by atoms with Crippen LogP contribution < -0.4 is 4.74 Å². The molecule has 2 aliphatic rings. The summed E-state index contributed by atoms with van der Waals surface area (Å²) >= 11 is 1.30. The first-order chi connectivity index (χ1) is 13.2. The molecule has 2 unspecified atom stereocenters. The van der Waals surface area contributed by atoms with Crippen LogP contribution in [0.4, 0.5) is 13.2 Å². The first-order valence-corrected chi connectivity index (χ1v) is 10.2. The Labute approximate surface area is 166 Å². The third-order valence-electron chi connectivity index (χ3n) is 4.96. The molecule has 2 amide bonds. The number of halogens is 3. The fourth-order valence-electron chi connectivity index (χ4n) is 3.56. The molecule has 0 bridgehead atoms. The van der Waals surface area contributed by atoms with Crippen LogP contribution >= 0.6 is 11.8 Å². The maximum absolute atomic E-state index is 12.6. The second-order valence-corrected chi connectivity index (χ2v) is 8.33. The van der Waals surface area contributed by atoms with Crippen molar-refractivity contribution in [1.82, 2.24) is 9.80 Å². The van der Waals surface area contributed by atoms with E-state index in [0.29, 0.717) is 5.56 Å². The molecule has 0 N–H and O–H groups in total. The fourth-order valence-corrected chi connectivity index (χ4v) is 4.98. The van der Waals surface area contributed by atoms with E-state index in [1.807, 2.05) is 4.90 Å². The first kappa shape index (κ1) is 20.8. The van der Waals surface area contributed by atoms with Gasteiger partial charge in [-0.1, -0.05) is 25.0 Å². The maximum Gasteiger partial charge on any atom is 0.573 e. The molecule has 1 aromatic rings. The lowest BCUT2D eigenvalue weighted by atomic mass is 10.2. The molecule has 2 heterocycles. The Balaban J connectivity index is 1.67. The van der Waals surface area contributed by atoms with Gasteiger partial charge in [0.1, 0.15) is 11.1 Å². The van der Waals surface area contributed by atoms with Crippen LogP contribution in [0.25, 0.3) is 0 Å². The number of rotatable bonds is 4. The number of amides is 2. The number of thioether (sulfide) groups is 1. The highest BCUT2D eigenvalue weighted by Crippen LogP contribution is 2.44. The predicted octanol–water partition coefficient (Wildman–Crippen LogP) is 3.95. The van der Waals surface area contributed by atoms with Crippen molar-refractivity contribution in [3.05, 3.63) is 29.8 Å². The third kappa shape index (κ3) is 5.12. The SMILES string of the molecule is CN1C(=O)C(CC(=O)N2CCCCCC2)SC1c1cccc(OC(F)(F)F)c1. The average molecular weight is 416 g/mol. The zero-order valence-electron chi connectivity index (χ0n) is 15.6. The minimum absolute atomic E-state index is 0.0315. The van der Waals surface area contributed by atoms with Crippen molar-refractivity contribution in [3.63, 3.8) is 0 Å². The highest BCUT2D eigenvalue weighted by Gasteiger charge is 2.41. The van der Waals surface area contributed by atoms with E-state index in [4.69, 9.17) is 0 Å². The summed E-state index contributed by atoms with van der Waals surface area (Å²) in [5.74, 6) is -0.535. The molecule has 0 spiro atoms. The lowest BCUT2D eigenvalue weighted by Gasteiger charge is -2.21. The summed E-state index contributed by atoms with van der Waals surface area (Å²) in [4.78, 5) is 28.5. The summed E-state index contributed by atoms with van der Waals surface area (Å²) in [6.45, 7) is 1.45. The number of carbonyl (C=O) groups excluding carboxylic acids is 2. The molecule has 154 valence electrons. The Morgan fingerprint density at radius 3 is 2.54 bits per heavy atom. The number of hydrogen-bond donors (Lipinski definition) is 0. The van der Waals surface area contributed by atoms with Crippen LogP contribution in [0.3, 0.4) is 0 Å². The summed E-state index contributed by atoms with van der Waals surface area (Å²) in [5.41, 5.74) is 0.535. The fraction of sp³-hybridized carbons (Fsp3) is 0.579. The van der Waals surface area contributed by atoms with E-state index in [1.54, 1.807) is 13.1 Å². The molecule has 5 nitrogen and oxygen atoms in total. The van der Waals surface area contributed by atoms with Crippen LogP contribution in [-0.4, -0.2) is 53.4 Å². The molecule has 0 aliphatic carbocycles. The van der Waals surface area contributed by atoms with Gasteiger partial charge in [0.05, 0.1) is 5.25 Å². The van der Waals surface area contributed by atoms with E-state index in [9.17, 15) is 22.8 Å². The van der Waals surface area contributed by atoms with E-state index in [0.717, 1.165) is 38.8 Å². The number of ether oxygens (including phenoxy) is 1. The molecular formula is C19H23F3N2O3S. The minimum atomic E-state index is -4.77. The molecule has 1 aromatic carbocycles. The molecule has 2 saturated heterocycles. The van der Waals surface area contributed by atoms with Crippen molar-refractivity contribution in [3.8, 4) is 5.75 Å². The summed E-state index contributed by atoms with van der Waals surface area (Å²) in [5, 5.41) is -0.982. The van der Waals surface area contributed by atoms with Gasteiger partial charge in [0.2, 0.25) is 11.8 Å². The number of likely N-dealkylation sites (tertiary alicyclic amines) is 1. The van der Waals surface area contributed by atoms with Gasteiger partial charge in [0.15, 0.2) is 0 Å². The molecule has 2 atom stereocenters. The summed E-state index contributed by atoms with van der Waals surface area (Å²) in [6.07, 6.45) is -0.476. The molecule has 0 saturated carbocycles. The van der Waals surface area contributed by atoms with Crippen LogP contribution in [0, 0.1) is 0 Å². The van der Waals surface area contributed by atoms with Gasteiger partial charge in [0, 0.05) is 26.6 Å². The Bertz CT molecular complexity index is 721. The molecule has 28 heavy (non-hydrogen) atoms. The summed E-state index contributed by atoms with van der Waals surface area (Å²) in [7, 11) is 1.60. The van der Waals surface area contributed by atoms with Crippen molar-refractivity contribution in [2.45, 2.75) is 49.1 Å². The van der Waals surface area contributed by atoms with Crippen molar-refractivity contribution < 1.29 is 27.5 Å². The number of nitrogens with zero attached hydrogens (tertiary/aromatic N) is 2. The van der Waals surface area contributed by atoms with Gasteiger partial charge in [-0.25, -0.2) is 0 Å². The topological polar surface area (TPSA) is 49.9 Å². The van der Waals surface area contributed by atoms with Crippen LogP contribution in [-0.2, 0) is 9.59 Å². The second kappa shape index (κ2) is 8.63. The van der Waals surface area contributed by atoms with Crippen molar-refractivity contribution in [1.29, 1.82) is 0 Å². The second-order valence-electron chi connectivity index (χ2n) is 7.05. The zero-order chi connectivity index (χ0) is 20.3. The van der Waals surface area contributed by atoms with Gasteiger partial charge >= 0.3 is 6.36 Å². The van der Waals surface area contributed by atoms with Gasteiger partial charge in [-0.15, -0.1) is 24.9 Å². The number of alkyl halides is 3. The summed E-state index contributed by atoms with van der Waals surface area (Å²) in [6, 6.07) is 5.63. The Morgan fingerprint density at radius 1 is 1.21 bits per heavy atom. The smallest absolute Gasteiger partial charge is 0.406 e. The molecule has 9 heteroatoms. The summed E-state index contributed by atoms with van der Waals surface area (Å²) < 4.78 is 41.4. The normalized spacial score (nSPS) is 23.6. The highest BCUT2D eigenvalue weighted by molar-refractivity contribution is 8.01. The molecule has 0 aromatic heterocycles. The van der Waals surface area contributed by atoms with Crippen LogP contribution in [0.2, 0.25) is 0 Å². The largest absolute Gasteiger partial charge is 0.573 e. The standard InChI is InChI=1S/C19H23F3N2O3S/c1-23-17(26)15(12-16(25)24-9-4-2-3-5-10-24)28-18(23)13-7-6-8-14(11-13)27-19(20,21)22/h6-8,11,15,18H,2-5,9-10,12H2,1H3. The lowest BCUT2D eigenvalue weighted by Crippen LogP contribution is -2.36. The van der Waals surface area contributed by atoms with Crippen molar-refractivity contribution in [2.75, 3.05) is 20.1 Å². The number of benzene rings is 1. The molecule has 2 fully saturated rings. The molecule has 0 radical (unpaired) electrons. The zero-order valence-corrected chi connectivity index (χ0v) is 16.4. The molecule has 2 aliphatic heterocycles. The Hall–Kier alpha value is -1.90. The third-order valence-corrected chi connectivity index (χ3v) is 6.51. The maximum atomic E-state index is 12.6. The van der Waals surface area contributed by atoms with Crippen molar-refractivity contribution in [2.24, 2.45) is 0 Å². The molecule has 3 rings (SSSR count). The van der Waals surface area contributed by atoms with Gasteiger partial charge in [-0.3, -0.25) is 9.59 Å². The number of carbonyl (C=O) groups is 2. The Morgan fingerprint density at radius 2 is 1.89 bits per heavy atom. The van der Waals surface area contributed by atoms with E-state index < -0.39 is 17.0 Å². The van der Waals surface area contributed by atoms with E-state index in [-0.39, 0.29) is 24.0 Å². The lowest BCUT2D eigenvalue weighted by molar-refractivity contribution is -0.274. The average Bonchev–Trinajstić information content (AvgIpc) is 2.83. The van der Waals surface area contributed by atoms with Crippen LogP contribution in [0.15, 0.2) is 24.3 Å². The predicted molar refractivity (Wildman–Crippen MR) is 99.7 cm³/mol.